The van der Waals surface area contributed by atoms with E-state index < -0.39 is 11.1 Å². The van der Waals surface area contributed by atoms with E-state index in [1.807, 2.05) is 0 Å². The lowest BCUT2D eigenvalue weighted by Gasteiger charge is -2.06. The van der Waals surface area contributed by atoms with E-state index in [2.05, 4.69) is 10.2 Å². The van der Waals surface area contributed by atoms with Gasteiger partial charge in [-0.2, -0.15) is 0 Å². The van der Waals surface area contributed by atoms with Gasteiger partial charge >= 0.3 is 0 Å². The Balaban J connectivity index is 0. The summed E-state index contributed by atoms with van der Waals surface area (Å²) >= 11 is 0. The first-order valence-electron chi connectivity index (χ1n) is 2.19. The molecule has 0 aliphatic rings. The molecule has 0 rings (SSSR count). The minimum absolute atomic E-state index is 0. The maximum atomic E-state index is 10.0. The van der Waals surface area contributed by atoms with Crippen LogP contribution in [0.15, 0.2) is 0 Å². The highest BCUT2D eigenvalue weighted by Crippen LogP contribution is 1.91. The fraction of sp³-hybridized carbons (Fsp3) is 0.667. The topological polar surface area (TPSA) is 120 Å². The van der Waals surface area contributed by atoms with Gasteiger partial charge in [0.1, 0.15) is 0 Å². The normalized spacial score (nSPS) is 7.30. The van der Waals surface area contributed by atoms with Gasteiger partial charge in [0, 0.05) is 0 Å². The molecule has 60 valence electrons. The van der Waals surface area contributed by atoms with Crippen molar-refractivity contribution in [1.29, 1.82) is 0 Å². The molecule has 0 bridgehead atoms. The first-order chi connectivity index (χ1) is 4.16. The molecular formula is C3H9N3O4. The summed E-state index contributed by atoms with van der Waals surface area (Å²) in [5, 5.41) is 8.32. The van der Waals surface area contributed by atoms with Crippen LogP contribution in [0.25, 0.3) is 5.43 Å². The Morgan fingerprint density at radius 3 is 2.60 bits per heavy atom. The van der Waals surface area contributed by atoms with Gasteiger partial charge in [-0.3, -0.25) is 20.3 Å². The van der Waals surface area contributed by atoms with Crippen molar-refractivity contribution in [2.24, 2.45) is 0 Å². The summed E-state index contributed by atoms with van der Waals surface area (Å²) in [7, 11) is 0. The molecule has 7 nitrogen and oxygen atoms in total. The maximum Gasteiger partial charge on any atom is 0.286 e. The minimum Gasteiger partial charge on any atom is -0.475 e. The molecule has 0 aliphatic heterocycles. The van der Waals surface area contributed by atoms with Crippen LogP contribution in [0.2, 0.25) is 0 Å². The summed E-state index contributed by atoms with van der Waals surface area (Å²) in [6, 6.07) is 0. The van der Waals surface area contributed by atoms with Crippen molar-refractivity contribution in [2.75, 3.05) is 6.61 Å². The lowest BCUT2D eigenvalue weighted by Crippen LogP contribution is -2.04. The Hall–Kier alpha value is -1.37. The molecule has 1 amide bonds. The van der Waals surface area contributed by atoms with Crippen LogP contribution in [-0.2, 0) is 4.74 Å². The number of hydrogen-bond acceptors (Lipinski definition) is 4. The third-order valence-electron chi connectivity index (χ3n) is 0.431. The molecule has 7 heteroatoms. The van der Waals surface area contributed by atoms with Crippen molar-refractivity contribution in [3.05, 3.63) is 15.5 Å². The van der Waals surface area contributed by atoms with Crippen LogP contribution in [0.3, 0.4) is 0 Å². The highest BCUT2D eigenvalue weighted by Gasteiger charge is 1.90. The van der Waals surface area contributed by atoms with Crippen LogP contribution in [0.4, 0.5) is 4.79 Å². The molecule has 0 aliphatic carbocycles. The highest BCUT2D eigenvalue weighted by molar-refractivity contribution is 5.78. The predicted octanol–water partition coefficient (Wildman–Crippen LogP) is 1.08. The molecule has 10 heavy (non-hydrogen) atoms. The van der Waals surface area contributed by atoms with Crippen molar-refractivity contribution in [3.8, 4) is 0 Å². The summed E-state index contributed by atoms with van der Waals surface area (Å²) in [6.07, 6.45) is -1.16. The Bertz CT molecular complexity index is 125. The van der Waals surface area contributed by atoms with Crippen molar-refractivity contribution in [3.63, 3.8) is 0 Å². The zero-order valence-corrected chi connectivity index (χ0v) is 5.73. The molecule has 0 radical (unpaired) electrons. The van der Waals surface area contributed by atoms with Gasteiger partial charge in [0.05, 0.1) is 6.61 Å². The number of carbonyl (C=O) groups excluding carboxylic acids is 1. The molecule has 0 aromatic heterocycles. The molecule has 0 aromatic rings. The lowest BCUT2D eigenvalue weighted by molar-refractivity contribution is -0.419. The molecule has 0 saturated carbocycles. The standard InChI is InChI=1S/C3H6N2O4.H3N/c1-2-9-3(6)4-5(7)8;/h2H2,1H3,(H,4,6);1H3. The van der Waals surface area contributed by atoms with E-state index in [9.17, 15) is 14.9 Å². The molecular weight excluding hydrogens is 142 g/mol. The van der Waals surface area contributed by atoms with E-state index in [-0.39, 0.29) is 12.8 Å². The van der Waals surface area contributed by atoms with Gasteiger partial charge in [0.25, 0.3) is 6.09 Å². The van der Waals surface area contributed by atoms with E-state index in [1.54, 1.807) is 0 Å². The molecule has 0 unspecified atom stereocenters. The molecule has 0 saturated heterocycles. The Morgan fingerprint density at radius 2 is 2.30 bits per heavy atom. The number of rotatable bonds is 2. The van der Waals surface area contributed by atoms with Crippen LogP contribution in [-0.4, -0.2) is 17.7 Å². The van der Waals surface area contributed by atoms with Gasteiger partial charge in [-0.05, 0) is 12.0 Å². The van der Waals surface area contributed by atoms with Gasteiger partial charge in [0.2, 0.25) is 0 Å². The first kappa shape index (κ1) is 11.4. The summed E-state index contributed by atoms with van der Waals surface area (Å²) in [4.78, 5) is 19.4. The molecule has 0 fully saturated rings. The van der Waals surface area contributed by atoms with Gasteiger partial charge in [0.15, 0.2) is 0 Å². The zero-order chi connectivity index (χ0) is 7.28. The number of nitro groups is 1. The summed E-state index contributed by atoms with van der Waals surface area (Å²) < 4.78 is 4.11. The highest BCUT2D eigenvalue weighted by atomic mass is 16.7. The molecule has 0 aromatic carbocycles. The SMILES string of the molecule is CCOC(=O)[N-][N+](=O)[O-].[NH4+]. The number of quaternary nitrogens is 1. The third-order valence-corrected chi connectivity index (χ3v) is 0.431. The number of ether oxygens (including phenoxy) is 1. The quantitative estimate of drug-likeness (QED) is 0.468. The summed E-state index contributed by atoms with van der Waals surface area (Å²) in [5.74, 6) is 0. The first-order valence-corrected chi connectivity index (χ1v) is 2.19. The second kappa shape index (κ2) is 5.76. The molecule has 0 atom stereocenters. The fourth-order valence-corrected chi connectivity index (χ4v) is 0.219. The van der Waals surface area contributed by atoms with Crippen molar-refractivity contribution >= 4 is 6.09 Å². The van der Waals surface area contributed by atoms with E-state index >= 15 is 0 Å². The van der Waals surface area contributed by atoms with Crippen molar-refractivity contribution < 1.29 is 14.6 Å². The van der Waals surface area contributed by atoms with Crippen LogP contribution < -0.4 is 6.15 Å². The van der Waals surface area contributed by atoms with Crippen LogP contribution in [0.1, 0.15) is 6.92 Å². The van der Waals surface area contributed by atoms with Crippen LogP contribution in [0, 0.1) is 10.1 Å². The molecule has 0 spiro atoms. The van der Waals surface area contributed by atoms with Crippen molar-refractivity contribution in [1.82, 2.24) is 6.15 Å². The maximum absolute atomic E-state index is 10.0. The predicted molar refractivity (Wildman–Crippen MR) is 33.4 cm³/mol. The van der Waals surface area contributed by atoms with E-state index in [0.717, 1.165) is 0 Å². The Labute approximate surface area is 57.1 Å². The van der Waals surface area contributed by atoms with Gasteiger partial charge < -0.3 is 10.9 Å². The minimum atomic E-state index is -1.16. The second-order valence-corrected chi connectivity index (χ2v) is 1.04. The average molecular weight is 151 g/mol. The number of amides is 1. The van der Waals surface area contributed by atoms with Gasteiger partial charge in [-0.15, -0.1) is 0 Å². The third kappa shape index (κ3) is 6.63. The second-order valence-electron chi connectivity index (χ2n) is 1.04. The van der Waals surface area contributed by atoms with Gasteiger partial charge in [-0.25, -0.2) is 0 Å². The fourth-order valence-electron chi connectivity index (χ4n) is 0.219. The Morgan fingerprint density at radius 1 is 1.80 bits per heavy atom. The number of carbonyl (C=O) groups is 1. The molecule has 0 heterocycles. The summed E-state index contributed by atoms with van der Waals surface area (Å²) in [5.41, 5.74) is 2.33. The van der Waals surface area contributed by atoms with Crippen LogP contribution >= 0.6 is 0 Å². The van der Waals surface area contributed by atoms with E-state index in [4.69, 9.17) is 0 Å². The summed E-state index contributed by atoms with van der Waals surface area (Å²) in [6.45, 7) is 1.63. The molecule has 4 N–H and O–H groups in total. The van der Waals surface area contributed by atoms with Crippen molar-refractivity contribution in [2.45, 2.75) is 6.92 Å². The number of nitrogens with zero attached hydrogens (tertiary/aromatic N) is 2. The van der Waals surface area contributed by atoms with Crippen LogP contribution in [0.5, 0.6) is 0 Å². The largest absolute Gasteiger partial charge is 0.475 e. The lowest BCUT2D eigenvalue weighted by atomic mass is 10.9. The van der Waals surface area contributed by atoms with Gasteiger partial charge in [-0.1, -0.05) is 0 Å². The number of hydrogen-bond donors (Lipinski definition) is 1. The smallest absolute Gasteiger partial charge is 0.286 e. The average Bonchev–Trinajstić information content (AvgIpc) is 1.63. The Kier molecular flexibility index (Phi) is 6.58. The monoisotopic (exact) mass is 151 g/mol. The zero-order valence-electron chi connectivity index (χ0n) is 5.73. The van der Waals surface area contributed by atoms with E-state index in [1.165, 1.54) is 6.92 Å². The van der Waals surface area contributed by atoms with E-state index in [0.29, 0.717) is 0 Å².